The minimum atomic E-state index is -1.19. The molecular weight excluding hydrogens is 372 g/mol. The molecule has 0 unspecified atom stereocenters. The molecular formula is C19H15ClN2O5. The second-order valence-electron chi connectivity index (χ2n) is 5.76. The zero-order chi connectivity index (χ0) is 19.7. The largest absolute Gasteiger partial charge is 0.504 e. The number of amides is 1. The number of rotatable bonds is 4. The number of carboxylic acid groups (broad SMARTS) is 1. The summed E-state index contributed by atoms with van der Waals surface area (Å²) in [7, 11) is 1.43. The number of ether oxygens (including phenoxy) is 1. The van der Waals surface area contributed by atoms with E-state index in [2.05, 4.69) is 5.10 Å². The summed E-state index contributed by atoms with van der Waals surface area (Å²) in [6.07, 6.45) is 1.62. The van der Waals surface area contributed by atoms with Gasteiger partial charge in [-0.3, -0.25) is 4.79 Å². The van der Waals surface area contributed by atoms with Crippen LogP contribution >= 0.6 is 11.6 Å². The summed E-state index contributed by atoms with van der Waals surface area (Å²) in [4.78, 5) is 24.1. The van der Waals surface area contributed by atoms with Crippen LogP contribution in [0.25, 0.3) is 6.08 Å². The predicted molar refractivity (Wildman–Crippen MR) is 102 cm³/mol. The maximum atomic E-state index is 12.8. The van der Waals surface area contributed by atoms with Crippen molar-refractivity contribution in [3.05, 3.63) is 58.1 Å². The summed E-state index contributed by atoms with van der Waals surface area (Å²) in [6, 6.07) is 8.93. The number of phenols is 1. The Bertz CT molecular complexity index is 1010. The fraction of sp³-hybridized carbons (Fsp3) is 0.105. The van der Waals surface area contributed by atoms with E-state index in [-0.39, 0.29) is 22.1 Å². The SMILES string of the molecule is COc1cc(C=C2C(=O)N(c3ccc(Cl)c(C(=O)O)c3)N=C2C)ccc1O. The van der Waals surface area contributed by atoms with Gasteiger partial charge >= 0.3 is 5.97 Å². The van der Waals surface area contributed by atoms with E-state index in [1.54, 1.807) is 25.1 Å². The van der Waals surface area contributed by atoms with Crippen LogP contribution in [0.15, 0.2) is 47.1 Å². The molecule has 2 aromatic carbocycles. The minimum Gasteiger partial charge on any atom is -0.504 e. The molecule has 3 rings (SSSR count). The monoisotopic (exact) mass is 386 g/mol. The fourth-order valence-corrected chi connectivity index (χ4v) is 2.82. The first-order valence-electron chi connectivity index (χ1n) is 7.83. The van der Waals surface area contributed by atoms with Crippen molar-refractivity contribution >= 4 is 41.0 Å². The van der Waals surface area contributed by atoms with Crippen LogP contribution in [0.2, 0.25) is 5.02 Å². The molecule has 0 bridgehead atoms. The van der Waals surface area contributed by atoms with Crippen LogP contribution in [0.1, 0.15) is 22.8 Å². The number of hydrazone groups is 1. The molecule has 0 saturated heterocycles. The van der Waals surface area contributed by atoms with Crippen LogP contribution in [-0.4, -0.2) is 34.9 Å². The van der Waals surface area contributed by atoms with Crippen LogP contribution in [0.3, 0.4) is 0 Å². The Morgan fingerprint density at radius 3 is 2.67 bits per heavy atom. The number of carbonyl (C=O) groups is 2. The van der Waals surface area contributed by atoms with Gasteiger partial charge in [-0.15, -0.1) is 0 Å². The average molecular weight is 387 g/mol. The Hall–Kier alpha value is -3.32. The van der Waals surface area contributed by atoms with Gasteiger partial charge in [0, 0.05) is 0 Å². The smallest absolute Gasteiger partial charge is 0.337 e. The van der Waals surface area contributed by atoms with E-state index in [4.69, 9.17) is 16.3 Å². The number of anilines is 1. The molecule has 1 heterocycles. The van der Waals surface area contributed by atoms with Gasteiger partial charge in [-0.05, 0) is 48.9 Å². The molecule has 1 aliphatic heterocycles. The van der Waals surface area contributed by atoms with Crippen LogP contribution in [0.5, 0.6) is 11.5 Å². The number of hydrogen-bond acceptors (Lipinski definition) is 5. The molecule has 8 heteroatoms. The van der Waals surface area contributed by atoms with Crippen molar-refractivity contribution in [1.29, 1.82) is 0 Å². The average Bonchev–Trinajstić information content (AvgIpc) is 2.91. The lowest BCUT2D eigenvalue weighted by Crippen LogP contribution is -2.21. The third-order valence-corrected chi connectivity index (χ3v) is 4.33. The van der Waals surface area contributed by atoms with Crippen molar-refractivity contribution in [2.24, 2.45) is 5.10 Å². The molecule has 0 aromatic heterocycles. The van der Waals surface area contributed by atoms with Crippen LogP contribution < -0.4 is 9.75 Å². The maximum Gasteiger partial charge on any atom is 0.337 e. The number of carbonyl (C=O) groups excluding carboxylic acids is 1. The standard InChI is InChI=1S/C19H15ClN2O5/c1-10-13(7-11-3-6-16(23)17(8-11)27-2)18(24)22(21-10)12-4-5-15(20)14(9-12)19(25)26/h3-9,23H,1-2H3,(H,25,26). The Labute approximate surface area is 159 Å². The van der Waals surface area contributed by atoms with Gasteiger partial charge in [0.1, 0.15) is 0 Å². The molecule has 7 nitrogen and oxygen atoms in total. The van der Waals surface area contributed by atoms with E-state index < -0.39 is 11.9 Å². The number of aromatic hydroxyl groups is 1. The summed E-state index contributed by atoms with van der Waals surface area (Å²) in [5.41, 5.74) is 1.64. The summed E-state index contributed by atoms with van der Waals surface area (Å²) >= 11 is 5.88. The molecule has 2 aromatic rings. The topological polar surface area (TPSA) is 99.4 Å². The molecule has 27 heavy (non-hydrogen) atoms. The Morgan fingerprint density at radius 2 is 2.00 bits per heavy atom. The third kappa shape index (κ3) is 3.50. The quantitative estimate of drug-likeness (QED) is 0.782. The van der Waals surface area contributed by atoms with Gasteiger partial charge in [-0.1, -0.05) is 17.7 Å². The number of methoxy groups -OCH3 is 1. The molecule has 1 amide bonds. The highest BCUT2D eigenvalue weighted by atomic mass is 35.5. The zero-order valence-electron chi connectivity index (χ0n) is 14.4. The van der Waals surface area contributed by atoms with Crippen molar-refractivity contribution in [2.75, 3.05) is 12.1 Å². The number of carboxylic acids is 1. The summed E-state index contributed by atoms with van der Waals surface area (Å²) in [5, 5.41) is 24.3. The van der Waals surface area contributed by atoms with Crippen molar-refractivity contribution in [3.63, 3.8) is 0 Å². The van der Waals surface area contributed by atoms with E-state index >= 15 is 0 Å². The lowest BCUT2D eigenvalue weighted by atomic mass is 10.1. The van der Waals surface area contributed by atoms with Gasteiger partial charge in [0.25, 0.3) is 5.91 Å². The predicted octanol–water partition coefficient (Wildman–Crippen LogP) is 3.56. The number of aromatic carboxylic acids is 1. The fourth-order valence-electron chi connectivity index (χ4n) is 2.62. The highest BCUT2D eigenvalue weighted by molar-refractivity contribution is 6.34. The second-order valence-corrected chi connectivity index (χ2v) is 6.17. The summed E-state index contributed by atoms with van der Waals surface area (Å²) in [5.74, 6) is -1.32. The molecule has 138 valence electrons. The number of phenolic OH excluding ortho intramolecular Hbond substituents is 1. The number of nitrogens with zero attached hydrogens (tertiary/aromatic N) is 2. The highest BCUT2D eigenvalue weighted by Gasteiger charge is 2.29. The van der Waals surface area contributed by atoms with Gasteiger partial charge < -0.3 is 14.9 Å². The second kappa shape index (κ2) is 7.13. The van der Waals surface area contributed by atoms with Crippen molar-refractivity contribution in [2.45, 2.75) is 6.92 Å². The van der Waals surface area contributed by atoms with E-state index in [0.29, 0.717) is 22.5 Å². The van der Waals surface area contributed by atoms with E-state index in [9.17, 15) is 19.8 Å². The normalized spacial score (nSPS) is 15.2. The molecule has 1 aliphatic rings. The molecule has 2 N–H and O–H groups in total. The molecule has 0 spiro atoms. The molecule has 0 saturated carbocycles. The molecule has 0 fully saturated rings. The van der Waals surface area contributed by atoms with Crippen molar-refractivity contribution < 1.29 is 24.5 Å². The molecule has 0 radical (unpaired) electrons. The Balaban J connectivity index is 1.97. The van der Waals surface area contributed by atoms with Gasteiger partial charge in [0.2, 0.25) is 0 Å². The van der Waals surface area contributed by atoms with Gasteiger partial charge in [0.15, 0.2) is 11.5 Å². The Morgan fingerprint density at radius 1 is 1.26 bits per heavy atom. The van der Waals surface area contributed by atoms with E-state index in [1.165, 1.54) is 31.4 Å². The van der Waals surface area contributed by atoms with Crippen molar-refractivity contribution in [3.8, 4) is 11.5 Å². The van der Waals surface area contributed by atoms with Crippen LogP contribution in [0.4, 0.5) is 5.69 Å². The summed E-state index contributed by atoms with van der Waals surface area (Å²) < 4.78 is 5.07. The third-order valence-electron chi connectivity index (χ3n) is 4.00. The number of hydrogen-bond donors (Lipinski definition) is 2. The zero-order valence-corrected chi connectivity index (χ0v) is 15.2. The maximum absolute atomic E-state index is 12.8. The molecule has 0 aliphatic carbocycles. The Kier molecular flexibility index (Phi) is 4.87. The first-order valence-corrected chi connectivity index (χ1v) is 8.21. The molecule has 0 atom stereocenters. The van der Waals surface area contributed by atoms with Crippen LogP contribution in [0, 0.1) is 0 Å². The highest BCUT2D eigenvalue weighted by Crippen LogP contribution is 2.31. The lowest BCUT2D eigenvalue weighted by molar-refractivity contribution is -0.114. The van der Waals surface area contributed by atoms with Gasteiger partial charge in [0.05, 0.1) is 34.7 Å². The van der Waals surface area contributed by atoms with Crippen LogP contribution in [-0.2, 0) is 4.79 Å². The minimum absolute atomic E-state index is 0.00761. The van der Waals surface area contributed by atoms with Crippen molar-refractivity contribution in [1.82, 2.24) is 0 Å². The van der Waals surface area contributed by atoms with E-state index in [1.807, 2.05) is 0 Å². The lowest BCUT2D eigenvalue weighted by Gasteiger charge is -2.13. The number of halogens is 1. The van der Waals surface area contributed by atoms with E-state index in [0.717, 1.165) is 5.01 Å². The first kappa shape index (κ1) is 18.5. The number of benzene rings is 2. The van der Waals surface area contributed by atoms with Gasteiger partial charge in [-0.2, -0.15) is 10.1 Å². The summed E-state index contributed by atoms with van der Waals surface area (Å²) in [6.45, 7) is 1.68. The van der Waals surface area contributed by atoms with Gasteiger partial charge in [-0.25, -0.2) is 4.79 Å². The first-order chi connectivity index (χ1) is 12.8.